The van der Waals surface area contributed by atoms with Crippen molar-refractivity contribution in [3.8, 4) is 0 Å². The molecule has 0 aromatic heterocycles. The quantitative estimate of drug-likeness (QED) is 0.613. The van der Waals surface area contributed by atoms with Crippen LogP contribution in [0.1, 0.15) is 22.8 Å². The molecule has 0 N–H and O–H groups in total. The highest BCUT2D eigenvalue weighted by Gasteiger charge is 2.22. The number of anilines is 1. The van der Waals surface area contributed by atoms with E-state index < -0.39 is 0 Å². The molecule has 1 heterocycles. The minimum absolute atomic E-state index is 0.0159. The van der Waals surface area contributed by atoms with Gasteiger partial charge in [-0.1, -0.05) is 0 Å². The largest absolute Gasteiger partial charge is 0.383 e. The Morgan fingerprint density at radius 3 is 2.68 bits per heavy atom. The lowest BCUT2D eigenvalue weighted by molar-refractivity contribution is -0.116. The zero-order valence-corrected chi connectivity index (χ0v) is 11.5. The number of carbonyl (C=O) groups is 2. The maximum atomic E-state index is 12.0. The van der Waals surface area contributed by atoms with Crippen molar-refractivity contribution in [2.24, 2.45) is 0 Å². The highest BCUT2D eigenvalue weighted by atomic mass is 16.2. The fourth-order valence-electron chi connectivity index (χ4n) is 2.20. The van der Waals surface area contributed by atoms with Crippen molar-refractivity contribution in [1.82, 2.24) is 4.90 Å². The molecule has 1 aromatic rings. The first-order valence-corrected chi connectivity index (χ1v) is 6.29. The summed E-state index contributed by atoms with van der Waals surface area (Å²) in [4.78, 5) is 27.0. The van der Waals surface area contributed by atoms with Gasteiger partial charge >= 0.3 is 0 Å². The Morgan fingerprint density at radius 2 is 2.05 bits per heavy atom. The summed E-state index contributed by atoms with van der Waals surface area (Å²) in [7, 11) is 3.74. The average Bonchev–Trinajstić information content (AvgIpc) is 2.78. The molecular weight excluding hydrogens is 240 g/mol. The third-order valence-corrected chi connectivity index (χ3v) is 3.16. The standard InChI is InChI=1S/C15H18N2O2/c1-11(18)17-9-6-12-10-13(4-5-14(12)17)15(19)7-8-16(2)3/h4-5,7-8,10H,6,9H2,1-3H3. The highest BCUT2D eigenvalue weighted by Crippen LogP contribution is 2.29. The second kappa shape index (κ2) is 5.26. The number of hydrogen-bond donors (Lipinski definition) is 0. The molecule has 0 atom stereocenters. The summed E-state index contributed by atoms with van der Waals surface area (Å²) in [6.07, 6.45) is 4.10. The number of carbonyl (C=O) groups excluding carboxylic acids is 2. The lowest BCUT2D eigenvalue weighted by atomic mass is 10.1. The van der Waals surface area contributed by atoms with E-state index in [0.717, 1.165) is 17.7 Å². The smallest absolute Gasteiger partial charge is 0.223 e. The van der Waals surface area contributed by atoms with E-state index in [1.54, 1.807) is 30.2 Å². The first-order valence-electron chi connectivity index (χ1n) is 6.29. The molecule has 19 heavy (non-hydrogen) atoms. The summed E-state index contributed by atoms with van der Waals surface area (Å²) in [5.41, 5.74) is 2.67. The molecule has 1 aliphatic rings. The Kier molecular flexibility index (Phi) is 3.69. The second-order valence-electron chi connectivity index (χ2n) is 4.91. The number of benzene rings is 1. The third kappa shape index (κ3) is 2.84. The number of amides is 1. The van der Waals surface area contributed by atoms with Gasteiger partial charge in [-0.3, -0.25) is 9.59 Å². The Balaban J connectivity index is 2.24. The summed E-state index contributed by atoms with van der Waals surface area (Å²) < 4.78 is 0. The summed E-state index contributed by atoms with van der Waals surface area (Å²) in [6, 6.07) is 5.53. The van der Waals surface area contributed by atoms with E-state index in [0.29, 0.717) is 12.1 Å². The van der Waals surface area contributed by atoms with Crippen LogP contribution < -0.4 is 4.90 Å². The van der Waals surface area contributed by atoms with Gasteiger partial charge in [0.2, 0.25) is 5.91 Å². The van der Waals surface area contributed by atoms with Gasteiger partial charge in [0, 0.05) is 51.1 Å². The average molecular weight is 258 g/mol. The second-order valence-corrected chi connectivity index (χ2v) is 4.91. The van der Waals surface area contributed by atoms with Gasteiger partial charge in [0.05, 0.1) is 0 Å². The van der Waals surface area contributed by atoms with Gasteiger partial charge in [-0.2, -0.15) is 0 Å². The van der Waals surface area contributed by atoms with Crippen molar-refractivity contribution >= 4 is 17.4 Å². The summed E-state index contributed by atoms with van der Waals surface area (Å²) in [5.74, 6) is 0.0307. The Hall–Kier alpha value is -2.10. The molecule has 100 valence electrons. The molecule has 0 saturated carbocycles. The molecule has 0 saturated heterocycles. The van der Waals surface area contributed by atoms with Crippen LogP contribution in [0, 0.1) is 0 Å². The molecular formula is C15H18N2O2. The molecule has 2 rings (SSSR count). The lowest BCUT2D eigenvalue weighted by Crippen LogP contribution is -2.25. The predicted molar refractivity (Wildman–Crippen MR) is 75.3 cm³/mol. The summed E-state index contributed by atoms with van der Waals surface area (Å²) in [5, 5.41) is 0. The SMILES string of the molecule is CC(=O)N1CCc2cc(C(=O)C=CN(C)C)ccc21. The van der Waals surface area contributed by atoms with Crippen LogP contribution in [0.25, 0.3) is 0 Å². The van der Waals surface area contributed by atoms with E-state index >= 15 is 0 Å². The maximum absolute atomic E-state index is 12.0. The van der Waals surface area contributed by atoms with Crippen LogP contribution in [0.5, 0.6) is 0 Å². The molecule has 0 spiro atoms. The zero-order valence-electron chi connectivity index (χ0n) is 11.5. The van der Waals surface area contributed by atoms with Crippen LogP contribution in [0.15, 0.2) is 30.5 Å². The molecule has 0 unspecified atom stereocenters. The molecule has 0 bridgehead atoms. The van der Waals surface area contributed by atoms with Crippen LogP contribution in [-0.2, 0) is 11.2 Å². The number of nitrogens with zero attached hydrogens (tertiary/aromatic N) is 2. The van der Waals surface area contributed by atoms with Gasteiger partial charge in [0.1, 0.15) is 0 Å². The van der Waals surface area contributed by atoms with Crippen molar-refractivity contribution in [1.29, 1.82) is 0 Å². The van der Waals surface area contributed by atoms with E-state index in [-0.39, 0.29) is 11.7 Å². The number of ketones is 1. The van der Waals surface area contributed by atoms with Gasteiger partial charge in [-0.25, -0.2) is 0 Å². The van der Waals surface area contributed by atoms with Gasteiger partial charge in [-0.15, -0.1) is 0 Å². The highest BCUT2D eigenvalue weighted by molar-refractivity contribution is 6.05. The van der Waals surface area contributed by atoms with Crippen LogP contribution in [0.4, 0.5) is 5.69 Å². The monoisotopic (exact) mass is 258 g/mol. The van der Waals surface area contributed by atoms with Crippen molar-refractivity contribution in [2.45, 2.75) is 13.3 Å². The fourth-order valence-corrected chi connectivity index (χ4v) is 2.20. The zero-order chi connectivity index (χ0) is 14.0. The van der Waals surface area contributed by atoms with Gasteiger partial charge in [-0.05, 0) is 30.2 Å². The first kappa shape index (κ1) is 13.3. The Bertz CT molecular complexity index is 547. The molecule has 0 radical (unpaired) electrons. The number of rotatable bonds is 3. The van der Waals surface area contributed by atoms with Gasteiger partial charge in [0.15, 0.2) is 5.78 Å². The van der Waals surface area contributed by atoms with E-state index in [1.807, 2.05) is 31.1 Å². The lowest BCUT2D eigenvalue weighted by Gasteiger charge is -2.14. The van der Waals surface area contributed by atoms with E-state index in [4.69, 9.17) is 0 Å². The van der Waals surface area contributed by atoms with Crippen LogP contribution >= 0.6 is 0 Å². The van der Waals surface area contributed by atoms with Crippen molar-refractivity contribution < 1.29 is 9.59 Å². The molecule has 1 amide bonds. The predicted octanol–water partition coefficient (Wildman–Crippen LogP) is 1.85. The maximum Gasteiger partial charge on any atom is 0.223 e. The molecule has 4 nitrogen and oxygen atoms in total. The molecule has 4 heteroatoms. The normalized spacial score (nSPS) is 13.7. The fraction of sp³-hybridized carbons (Fsp3) is 0.333. The van der Waals surface area contributed by atoms with E-state index in [1.165, 1.54) is 0 Å². The van der Waals surface area contributed by atoms with Crippen LogP contribution in [0.3, 0.4) is 0 Å². The van der Waals surface area contributed by atoms with Gasteiger partial charge < -0.3 is 9.80 Å². The summed E-state index contributed by atoms with van der Waals surface area (Å²) in [6.45, 7) is 2.27. The van der Waals surface area contributed by atoms with E-state index in [2.05, 4.69) is 0 Å². The van der Waals surface area contributed by atoms with Crippen molar-refractivity contribution in [3.05, 3.63) is 41.6 Å². The summed E-state index contributed by atoms with van der Waals surface area (Å²) >= 11 is 0. The van der Waals surface area contributed by atoms with Crippen LogP contribution in [0.2, 0.25) is 0 Å². The topological polar surface area (TPSA) is 40.6 Å². The first-order chi connectivity index (χ1) is 8.99. The van der Waals surface area contributed by atoms with Gasteiger partial charge in [0.25, 0.3) is 0 Å². The Morgan fingerprint density at radius 1 is 1.32 bits per heavy atom. The number of allylic oxidation sites excluding steroid dienone is 1. The Labute approximate surface area is 113 Å². The van der Waals surface area contributed by atoms with Crippen molar-refractivity contribution in [3.63, 3.8) is 0 Å². The van der Waals surface area contributed by atoms with Crippen LogP contribution in [-0.4, -0.2) is 37.2 Å². The molecule has 0 fully saturated rings. The molecule has 1 aromatic carbocycles. The van der Waals surface area contributed by atoms with E-state index in [9.17, 15) is 9.59 Å². The molecule has 0 aliphatic carbocycles. The third-order valence-electron chi connectivity index (χ3n) is 3.16. The number of hydrogen-bond acceptors (Lipinski definition) is 3. The van der Waals surface area contributed by atoms with Crippen molar-refractivity contribution in [2.75, 3.05) is 25.5 Å². The molecule has 1 aliphatic heterocycles. The number of fused-ring (bicyclic) bond motifs is 1. The minimum atomic E-state index is -0.0159. The minimum Gasteiger partial charge on any atom is -0.383 e.